The van der Waals surface area contributed by atoms with Crippen molar-refractivity contribution in [3.8, 4) is 11.5 Å². The molecule has 0 aliphatic carbocycles. The Hall–Kier alpha value is -4.07. The van der Waals surface area contributed by atoms with Crippen molar-refractivity contribution < 1.29 is 41.6 Å². The zero-order valence-electron chi connectivity index (χ0n) is 17.0. The first-order valence-corrected chi connectivity index (χ1v) is 10.1. The number of carbonyl (C=O) groups is 2. The molecule has 0 radical (unpaired) electrons. The van der Waals surface area contributed by atoms with Crippen LogP contribution in [0.15, 0.2) is 47.3 Å². The standard InChI is InChI=1S/C18H13F2N5OS.C2HF3O2/c1-25(16-5-2-10(19)6-12(16)20)18(26)22-11-3-4-13-14(7-11)24-17(23-13)15-8-27-9-21-15;3-2(4,5)1(6)7/h2-9H,1H3,(H,22,26)(H,23,24);(H,6,7). The summed E-state index contributed by atoms with van der Waals surface area (Å²) in [5.41, 5.74) is 4.69. The molecule has 0 bridgehead atoms. The number of fused-ring (bicyclic) bond motifs is 1. The minimum Gasteiger partial charge on any atom is -0.542 e. The number of halogens is 5. The van der Waals surface area contributed by atoms with E-state index in [0.717, 1.165) is 39.6 Å². The third-order valence-electron chi connectivity index (χ3n) is 4.29. The molecule has 14 heteroatoms. The molecule has 0 saturated heterocycles. The fourth-order valence-corrected chi connectivity index (χ4v) is 3.21. The number of aliphatic carboxylic acids is 1. The van der Waals surface area contributed by atoms with Gasteiger partial charge in [0, 0.05) is 30.2 Å². The van der Waals surface area contributed by atoms with Gasteiger partial charge in [-0.25, -0.2) is 28.5 Å². The number of rotatable bonds is 3. The molecule has 0 spiro atoms. The molecule has 8 nitrogen and oxygen atoms in total. The van der Waals surface area contributed by atoms with E-state index in [1.54, 1.807) is 17.6 Å². The molecule has 0 atom stereocenters. The summed E-state index contributed by atoms with van der Waals surface area (Å²) in [5.74, 6) is -3.75. The minimum absolute atomic E-state index is 0.0194. The van der Waals surface area contributed by atoms with Crippen LogP contribution in [0.3, 0.4) is 0 Å². The molecular weight excluding hydrogens is 485 g/mol. The maximum absolute atomic E-state index is 13.9. The number of anilines is 2. The lowest BCUT2D eigenvalue weighted by atomic mass is 10.2. The van der Waals surface area contributed by atoms with Crippen molar-refractivity contribution in [1.29, 1.82) is 0 Å². The normalized spacial score (nSPS) is 11.0. The van der Waals surface area contributed by atoms with E-state index in [4.69, 9.17) is 9.90 Å². The molecule has 178 valence electrons. The number of carboxylic acids is 1. The van der Waals surface area contributed by atoms with Gasteiger partial charge >= 0.3 is 18.0 Å². The highest BCUT2D eigenvalue weighted by Gasteiger charge is 2.28. The zero-order chi connectivity index (χ0) is 25.0. The number of hydrogen-bond donors (Lipinski definition) is 2. The Labute approximate surface area is 191 Å². The number of carboxylic acid groups (broad SMARTS) is 1. The van der Waals surface area contributed by atoms with E-state index in [-0.39, 0.29) is 5.69 Å². The van der Waals surface area contributed by atoms with Gasteiger partial charge in [-0.3, -0.25) is 4.90 Å². The second-order valence-electron chi connectivity index (χ2n) is 6.63. The summed E-state index contributed by atoms with van der Waals surface area (Å²) >= 11 is 1.49. The van der Waals surface area contributed by atoms with Crippen LogP contribution in [0, 0.1) is 11.6 Å². The van der Waals surface area contributed by atoms with E-state index in [1.165, 1.54) is 24.5 Å². The molecule has 34 heavy (non-hydrogen) atoms. The van der Waals surface area contributed by atoms with Gasteiger partial charge in [0.2, 0.25) is 0 Å². The number of amides is 2. The van der Waals surface area contributed by atoms with Crippen LogP contribution < -0.4 is 20.3 Å². The van der Waals surface area contributed by atoms with Gasteiger partial charge in [0.15, 0.2) is 16.7 Å². The second kappa shape index (κ2) is 9.82. The molecule has 0 saturated carbocycles. The average Bonchev–Trinajstić information content (AvgIpc) is 3.42. The van der Waals surface area contributed by atoms with Gasteiger partial charge in [0.25, 0.3) is 0 Å². The molecule has 2 aromatic heterocycles. The van der Waals surface area contributed by atoms with Crippen LogP contribution in [-0.2, 0) is 4.79 Å². The van der Waals surface area contributed by atoms with Gasteiger partial charge < -0.3 is 15.2 Å². The van der Waals surface area contributed by atoms with Crippen molar-refractivity contribution in [3.05, 3.63) is 58.9 Å². The van der Waals surface area contributed by atoms with Crippen LogP contribution in [0.25, 0.3) is 22.6 Å². The average molecular weight is 499 g/mol. The summed E-state index contributed by atoms with van der Waals surface area (Å²) in [7, 11) is 1.41. The number of alkyl halides is 3. The summed E-state index contributed by atoms with van der Waals surface area (Å²) in [4.78, 5) is 32.9. The molecule has 0 unspecified atom stereocenters. The number of benzene rings is 2. The predicted molar refractivity (Wildman–Crippen MR) is 111 cm³/mol. The van der Waals surface area contributed by atoms with Gasteiger partial charge in [0.05, 0.1) is 11.2 Å². The van der Waals surface area contributed by atoms with Gasteiger partial charge in [0.1, 0.15) is 17.6 Å². The lowest BCUT2D eigenvalue weighted by Crippen LogP contribution is -2.37. The Morgan fingerprint density at radius 2 is 1.88 bits per heavy atom. The first-order chi connectivity index (χ1) is 16.0. The number of aromatic amines is 2. The van der Waals surface area contributed by atoms with Crippen LogP contribution >= 0.6 is 11.3 Å². The SMILES string of the molecule is CN(C(=O)Nc1ccc2[nH+]c(-c3cscn3)[nH]c2c1)c1ccc(F)cc1F.O=C([O-])C(F)(F)F. The molecule has 4 rings (SSSR count). The molecule has 2 aromatic carbocycles. The number of thiazole rings is 1. The molecule has 2 heterocycles. The molecule has 0 fully saturated rings. The lowest BCUT2D eigenvalue weighted by molar-refractivity contribution is -0.344. The number of hydrogen-bond acceptors (Lipinski definition) is 5. The number of carbonyl (C=O) groups excluding carboxylic acids is 2. The van der Waals surface area contributed by atoms with Crippen molar-refractivity contribution in [1.82, 2.24) is 9.97 Å². The van der Waals surface area contributed by atoms with E-state index < -0.39 is 29.8 Å². The van der Waals surface area contributed by atoms with E-state index in [2.05, 4.69) is 20.3 Å². The molecule has 2 amide bonds. The monoisotopic (exact) mass is 499 g/mol. The number of aromatic nitrogens is 3. The highest BCUT2D eigenvalue weighted by Crippen LogP contribution is 2.22. The first kappa shape index (κ1) is 24.6. The smallest absolute Gasteiger partial charge is 0.430 e. The van der Waals surface area contributed by atoms with E-state index in [0.29, 0.717) is 5.69 Å². The second-order valence-corrected chi connectivity index (χ2v) is 7.35. The Bertz CT molecular complexity index is 1320. The third-order valence-corrected chi connectivity index (χ3v) is 4.87. The number of nitrogens with zero attached hydrogens (tertiary/aromatic N) is 2. The summed E-state index contributed by atoms with van der Waals surface area (Å²) in [5, 5.41) is 13.4. The number of imidazole rings is 1. The number of urea groups is 1. The van der Waals surface area contributed by atoms with Crippen molar-refractivity contribution in [2.75, 3.05) is 17.3 Å². The van der Waals surface area contributed by atoms with Gasteiger partial charge in [-0.05, 0) is 24.3 Å². The molecular formula is C20H14F5N5O3S. The number of H-pyrrole nitrogens is 2. The van der Waals surface area contributed by atoms with Crippen LogP contribution in [0.1, 0.15) is 0 Å². The highest BCUT2D eigenvalue weighted by molar-refractivity contribution is 7.07. The van der Waals surface area contributed by atoms with Crippen LogP contribution in [0.4, 0.5) is 38.1 Å². The minimum atomic E-state index is -5.19. The molecule has 0 aliphatic rings. The topological polar surface area (TPSA) is 115 Å². The summed E-state index contributed by atoms with van der Waals surface area (Å²) in [6, 6.07) is 7.81. The van der Waals surface area contributed by atoms with E-state index in [9.17, 15) is 26.7 Å². The van der Waals surface area contributed by atoms with E-state index >= 15 is 0 Å². The fourth-order valence-electron chi connectivity index (χ4n) is 2.67. The quantitative estimate of drug-likeness (QED) is 0.421. The third kappa shape index (κ3) is 5.83. The Morgan fingerprint density at radius 3 is 2.47 bits per heavy atom. The molecule has 0 aliphatic heterocycles. The van der Waals surface area contributed by atoms with Crippen LogP contribution in [-0.4, -0.2) is 35.2 Å². The highest BCUT2D eigenvalue weighted by atomic mass is 32.1. The maximum atomic E-state index is 13.9. The molecule has 4 aromatic rings. The van der Waals surface area contributed by atoms with Crippen LogP contribution in [0.2, 0.25) is 0 Å². The number of nitrogens with one attached hydrogen (secondary N) is 3. The van der Waals surface area contributed by atoms with Crippen molar-refractivity contribution in [3.63, 3.8) is 0 Å². The largest absolute Gasteiger partial charge is 0.542 e. The zero-order valence-corrected chi connectivity index (χ0v) is 17.9. The van der Waals surface area contributed by atoms with Crippen molar-refractivity contribution >= 4 is 45.7 Å². The maximum Gasteiger partial charge on any atom is 0.430 e. The Balaban J connectivity index is 0.000000406. The summed E-state index contributed by atoms with van der Waals surface area (Å²) in [6.45, 7) is 0. The molecule has 3 N–H and O–H groups in total. The summed E-state index contributed by atoms with van der Waals surface area (Å²) < 4.78 is 58.5. The summed E-state index contributed by atoms with van der Waals surface area (Å²) in [6.07, 6.45) is -5.19. The van der Waals surface area contributed by atoms with Crippen LogP contribution in [0.5, 0.6) is 0 Å². The van der Waals surface area contributed by atoms with Gasteiger partial charge in [-0.15, -0.1) is 11.3 Å². The van der Waals surface area contributed by atoms with Crippen molar-refractivity contribution in [2.24, 2.45) is 0 Å². The van der Waals surface area contributed by atoms with Gasteiger partial charge in [-0.2, -0.15) is 13.2 Å². The van der Waals surface area contributed by atoms with Crippen molar-refractivity contribution in [2.45, 2.75) is 6.18 Å². The lowest BCUT2D eigenvalue weighted by Gasteiger charge is -2.18. The van der Waals surface area contributed by atoms with E-state index in [1.807, 2.05) is 11.4 Å². The Morgan fingerprint density at radius 1 is 1.18 bits per heavy atom. The fraction of sp³-hybridized carbons (Fsp3) is 0.100. The Kier molecular flexibility index (Phi) is 7.10. The predicted octanol–water partition coefficient (Wildman–Crippen LogP) is 3.35. The first-order valence-electron chi connectivity index (χ1n) is 9.17. The van der Waals surface area contributed by atoms with Gasteiger partial charge in [-0.1, -0.05) is 0 Å².